The molecule has 6 heteroatoms. The fourth-order valence-corrected chi connectivity index (χ4v) is 4.27. The maximum atomic E-state index is 13.2. The lowest BCUT2D eigenvalue weighted by Crippen LogP contribution is -2.50. The highest BCUT2D eigenvalue weighted by Crippen LogP contribution is 2.23. The summed E-state index contributed by atoms with van der Waals surface area (Å²) in [6, 6.07) is 11.5. The molecule has 1 aromatic heterocycles. The summed E-state index contributed by atoms with van der Waals surface area (Å²) in [7, 11) is 0. The van der Waals surface area contributed by atoms with Crippen molar-refractivity contribution in [1.29, 1.82) is 0 Å². The van der Waals surface area contributed by atoms with Gasteiger partial charge in [0.25, 0.3) is 11.8 Å². The molecular weight excluding hydrogens is 376 g/mol. The monoisotopic (exact) mass is 406 g/mol. The van der Waals surface area contributed by atoms with Crippen molar-refractivity contribution in [3.05, 3.63) is 59.3 Å². The quantitative estimate of drug-likeness (QED) is 0.782. The van der Waals surface area contributed by atoms with Crippen molar-refractivity contribution in [3.63, 3.8) is 0 Å². The third kappa shape index (κ3) is 4.32. The predicted octanol–water partition coefficient (Wildman–Crippen LogP) is 3.23. The van der Waals surface area contributed by atoms with Crippen LogP contribution in [0.5, 0.6) is 0 Å². The summed E-state index contributed by atoms with van der Waals surface area (Å²) in [6.07, 6.45) is 6.25. The lowest BCUT2D eigenvalue weighted by atomic mass is 10.1. The van der Waals surface area contributed by atoms with Gasteiger partial charge in [0.15, 0.2) is 0 Å². The summed E-state index contributed by atoms with van der Waals surface area (Å²) in [5.41, 5.74) is 2.61. The maximum Gasteiger partial charge on any atom is 0.257 e. The summed E-state index contributed by atoms with van der Waals surface area (Å²) in [4.78, 5) is 36.5. The highest BCUT2D eigenvalue weighted by Gasteiger charge is 2.28. The highest BCUT2D eigenvalue weighted by atomic mass is 16.2. The third-order valence-electron chi connectivity index (χ3n) is 6.14. The van der Waals surface area contributed by atoms with Gasteiger partial charge >= 0.3 is 0 Å². The van der Waals surface area contributed by atoms with Crippen LogP contribution in [-0.2, 0) is 6.42 Å². The number of nitrogens with zero attached hydrogens (tertiary/aromatic N) is 4. The lowest BCUT2D eigenvalue weighted by molar-refractivity contribution is 0.0535. The van der Waals surface area contributed by atoms with Gasteiger partial charge in [0.2, 0.25) is 0 Å². The molecule has 0 radical (unpaired) electrons. The molecule has 0 saturated carbocycles. The number of rotatable bonds is 4. The van der Waals surface area contributed by atoms with Gasteiger partial charge in [0, 0.05) is 51.0 Å². The number of benzene rings is 1. The highest BCUT2D eigenvalue weighted by molar-refractivity contribution is 5.99. The molecule has 4 rings (SSSR count). The van der Waals surface area contributed by atoms with Crippen molar-refractivity contribution in [2.24, 2.45) is 0 Å². The average Bonchev–Trinajstić information content (AvgIpc) is 2.84. The molecule has 6 nitrogen and oxygen atoms in total. The van der Waals surface area contributed by atoms with E-state index in [1.54, 1.807) is 6.20 Å². The van der Waals surface area contributed by atoms with Gasteiger partial charge in [-0.25, -0.2) is 4.98 Å². The Kier molecular flexibility index (Phi) is 6.31. The molecule has 158 valence electrons. The van der Waals surface area contributed by atoms with Crippen molar-refractivity contribution in [1.82, 2.24) is 14.8 Å². The second kappa shape index (κ2) is 9.28. The number of aromatic nitrogens is 1. The van der Waals surface area contributed by atoms with E-state index in [1.807, 2.05) is 46.2 Å². The van der Waals surface area contributed by atoms with Crippen LogP contribution in [0.1, 0.15) is 52.5 Å². The van der Waals surface area contributed by atoms with Gasteiger partial charge in [-0.05, 0) is 55.5 Å². The lowest BCUT2D eigenvalue weighted by Gasteiger charge is -2.36. The molecule has 30 heavy (non-hydrogen) atoms. The molecule has 2 aromatic rings. The van der Waals surface area contributed by atoms with Gasteiger partial charge < -0.3 is 14.7 Å². The summed E-state index contributed by atoms with van der Waals surface area (Å²) in [5, 5.41) is 0. The first-order chi connectivity index (χ1) is 14.7. The molecular formula is C24H30N4O2. The van der Waals surface area contributed by atoms with E-state index in [0.29, 0.717) is 37.3 Å². The Hall–Kier alpha value is -2.89. The fourth-order valence-electron chi connectivity index (χ4n) is 4.27. The number of amides is 2. The van der Waals surface area contributed by atoms with E-state index in [-0.39, 0.29) is 11.8 Å². The molecule has 0 atom stereocenters. The van der Waals surface area contributed by atoms with Crippen LogP contribution in [0.4, 0.5) is 5.82 Å². The van der Waals surface area contributed by atoms with Gasteiger partial charge in [-0.1, -0.05) is 19.1 Å². The second-order valence-electron chi connectivity index (χ2n) is 8.06. The van der Waals surface area contributed by atoms with Crippen LogP contribution in [0.2, 0.25) is 0 Å². The Balaban J connectivity index is 1.40. The molecule has 2 fully saturated rings. The van der Waals surface area contributed by atoms with E-state index in [2.05, 4.69) is 16.8 Å². The average molecular weight is 407 g/mol. The van der Waals surface area contributed by atoms with E-state index in [4.69, 9.17) is 0 Å². The number of piperazine rings is 1. The van der Waals surface area contributed by atoms with Crippen LogP contribution in [0.3, 0.4) is 0 Å². The van der Waals surface area contributed by atoms with Crippen LogP contribution in [0.15, 0.2) is 42.6 Å². The minimum atomic E-state index is 0.0167. The van der Waals surface area contributed by atoms with Gasteiger partial charge in [0.1, 0.15) is 5.82 Å². The zero-order valence-electron chi connectivity index (χ0n) is 17.7. The first-order valence-electron chi connectivity index (χ1n) is 11.0. The van der Waals surface area contributed by atoms with Gasteiger partial charge in [-0.2, -0.15) is 0 Å². The minimum Gasteiger partial charge on any atom is -0.356 e. The van der Waals surface area contributed by atoms with Crippen molar-refractivity contribution in [2.75, 3.05) is 44.2 Å². The standard InChI is InChI=1S/C24H30N4O2/c1-2-19-8-10-20(11-9-19)23(29)27-15-17-28(18-16-27)24(30)21-7-6-12-25-22(21)26-13-4-3-5-14-26/h6-12H,2-5,13-18H2,1H3. The summed E-state index contributed by atoms with van der Waals surface area (Å²) in [6.45, 7) is 6.22. The van der Waals surface area contributed by atoms with Gasteiger partial charge in [-0.15, -0.1) is 0 Å². The van der Waals surface area contributed by atoms with Gasteiger partial charge in [0.05, 0.1) is 5.56 Å². The Morgan fingerprint density at radius 1 is 0.833 bits per heavy atom. The first-order valence-corrected chi connectivity index (χ1v) is 11.0. The number of carbonyl (C=O) groups excluding carboxylic acids is 2. The molecule has 2 aliphatic heterocycles. The van der Waals surface area contributed by atoms with Crippen LogP contribution in [0.25, 0.3) is 0 Å². The molecule has 0 unspecified atom stereocenters. The van der Waals surface area contributed by atoms with Crippen molar-refractivity contribution < 1.29 is 9.59 Å². The Morgan fingerprint density at radius 3 is 2.10 bits per heavy atom. The van der Waals surface area contributed by atoms with E-state index in [9.17, 15) is 9.59 Å². The molecule has 2 aliphatic rings. The third-order valence-corrected chi connectivity index (χ3v) is 6.14. The smallest absolute Gasteiger partial charge is 0.257 e. The number of pyridine rings is 1. The number of anilines is 1. The molecule has 0 bridgehead atoms. The van der Waals surface area contributed by atoms with E-state index in [1.165, 1.54) is 12.0 Å². The molecule has 0 N–H and O–H groups in total. The normalized spacial score (nSPS) is 17.2. The van der Waals surface area contributed by atoms with Crippen molar-refractivity contribution in [2.45, 2.75) is 32.6 Å². The summed E-state index contributed by atoms with van der Waals surface area (Å²) < 4.78 is 0. The number of aryl methyl sites for hydroxylation is 1. The Morgan fingerprint density at radius 2 is 1.47 bits per heavy atom. The predicted molar refractivity (Wildman–Crippen MR) is 118 cm³/mol. The molecule has 2 amide bonds. The van der Waals surface area contributed by atoms with Crippen LogP contribution >= 0.6 is 0 Å². The zero-order chi connectivity index (χ0) is 20.9. The largest absolute Gasteiger partial charge is 0.356 e. The van der Waals surface area contributed by atoms with Crippen LogP contribution in [-0.4, -0.2) is 65.9 Å². The van der Waals surface area contributed by atoms with E-state index >= 15 is 0 Å². The second-order valence-corrected chi connectivity index (χ2v) is 8.06. The Labute approximate surface area is 178 Å². The van der Waals surface area contributed by atoms with E-state index < -0.39 is 0 Å². The molecule has 0 aliphatic carbocycles. The van der Waals surface area contributed by atoms with Gasteiger partial charge in [-0.3, -0.25) is 9.59 Å². The number of hydrogen-bond donors (Lipinski definition) is 0. The topological polar surface area (TPSA) is 56.8 Å². The number of hydrogen-bond acceptors (Lipinski definition) is 4. The number of carbonyl (C=O) groups is 2. The minimum absolute atomic E-state index is 0.0167. The molecule has 1 aromatic carbocycles. The number of piperidine rings is 1. The molecule has 3 heterocycles. The summed E-state index contributed by atoms with van der Waals surface area (Å²) >= 11 is 0. The molecule has 2 saturated heterocycles. The van der Waals surface area contributed by atoms with Crippen LogP contribution in [0, 0.1) is 0 Å². The van der Waals surface area contributed by atoms with Crippen LogP contribution < -0.4 is 4.90 Å². The van der Waals surface area contributed by atoms with Crippen molar-refractivity contribution in [3.8, 4) is 0 Å². The molecule has 0 spiro atoms. The first kappa shape index (κ1) is 20.4. The Bertz CT molecular complexity index is 882. The maximum absolute atomic E-state index is 13.2. The fraction of sp³-hybridized carbons (Fsp3) is 0.458. The summed E-state index contributed by atoms with van der Waals surface area (Å²) in [5.74, 6) is 0.861. The van der Waals surface area contributed by atoms with Crippen molar-refractivity contribution >= 4 is 17.6 Å². The van der Waals surface area contributed by atoms with E-state index in [0.717, 1.165) is 38.2 Å². The zero-order valence-corrected chi connectivity index (χ0v) is 17.7. The SMILES string of the molecule is CCc1ccc(C(=O)N2CCN(C(=O)c3cccnc3N3CCCCC3)CC2)cc1.